The van der Waals surface area contributed by atoms with Gasteiger partial charge in [0.05, 0.1) is 31.9 Å². The number of carbonyl (C=O) groups is 1. The third-order valence-electron chi connectivity index (χ3n) is 5.54. The van der Waals surface area contributed by atoms with E-state index < -0.39 is 0 Å². The van der Waals surface area contributed by atoms with Crippen LogP contribution in [0.3, 0.4) is 0 Å². The number of methoxy groups -OCH3 is 2. The quantitative estimate of drug-likeness (QED) is 0.673. The molecule has 144 valence electrons. The van der Waals surface area contributed by atoms with Crippen LogP contribution in [0, 0.1) is 0 Å². The Hall–Kier alpha value is -3.36. The van der Waals surface area contributed by atoms with Crippen LogP contribution in [-0.4, -0.2) is 70.0 Å². The second kappa shape index (κ2) is 6.36. The number of amides is 1. The highest BCUT2D eigenvalue weighted by atomic mass is 16.5. The first-order chi connectivity index (χ1) is 13.7. The van der Waals surface area contributed by atoms with Gasteiger partial charge in [-0.15, -0.1) is 15.3 Å². The van der Waals surface area contributed by atoms with Crippen molar-refractivity contribution in [2.75, 3.05) is 32.2 Å². The molecule has 9 nitrogen and oxygen atoms in total. The molecule has 3 saturated heterocycles. The van der Waals surface area contributed by atoms with Crippen molar-refractivity contribution in [1.29, 1.82) is 0 Å². The Morgan fingerprint density at radius 1 is 1.11 bits per heavy atom. The fourth-order valence-corrected chi connectivity index (χ4v) is 4.14. The van der Waals surface area contributed by atoms with Crippen molar-refractivity contribution in [3.8, 4) is 11.5 Å². The van der Waals surface area contributed by atoms with Crippen LogP contribution in [0.2, 0.25) is 0 Å². The topological polar surface area (TPSA) is 85.1 Å². The molecule has 3 aliphatic heterocycles. The summed E-state index contributed by atoms with van der Waals surface area (Å²) in [6.07, 6.45) is 2.60. The van der Waals surface area contributed by atoms with Crippen molar-refractivity contribution in [2.24, 2.45) is 0 Å². The summed E-state index contributed by atoms with van der Waals surface area (Å²) < 4.78 is 12.3. The van der Waals surface area contributed by atoms with Gasteiger partial charge in [-0.25, -0.2) is 0 Å². The molecule has 2 atom stereocenters. The second-order valence-electron chi connectivity index (χ2n) is 7.05. The number of carbonyl (C=O) groups excluding carboxylic acids is 1. The number of hydrogen-bond acceptors (Lipinski definition) is 7. The predicted molar refractivity (Wildman–Crippen MR) is 101 cm³/mol. The van der Waals surface area contributed by atoms with E-state index >= 15 is 0 Å². The van der Waals surface area contributed by atoms with E-state index in [0.29, 0.717) is 22.7 Å². The summed E-state index contributed by atoms with van der Waals surface area (Å²) in [5, 5.41) is 12.4. The van der Waals surface area contributed by atoms with Crippen LogP contribution >= 0.6 is 0 Å². The van der Waals surface area contributed by atoms with Crippen LogP contribution in [0.4, 0.5) is 5.82 Å². The molecule has 1 aromatic carbocycles. The van der Waals surface area contributed by atoms with Gasteiger partial charge in [0.15, 0.2) is 5.65 Å². The standard InChI is InChI=1S/C19H20N6O3/c1-27-14-3-4-16(28-2)15(8-14)19(26)25-12-7-13(25)10-23(9-12)18-6-5-17-21-20-11-24(17)22-18/h3-6,8,11-13H,7,9-10H2,1-2H3. The maximum atomic E-state index is 13.2. The molecule has 0 radical (unpaired) electrons. The molecule has 1 amide bonds. The number of nitrogens with zero attached hydrogens (tertiary/aromatic N) is 6. The first kappa shape index (κ1) is 16.8. The van der Waals surface area contributed by atoms with Crippen LogP contribution in [0.1, 0.15) is 16.8 Å². The summed E-state index contributed by atoms with van der Waals surface area (Å²) in [5.41, 5.74) is 1.25. The molecule has 0 spiro atoms. The maximum absolute atomic E-state index is 13.2. The summed E-state index contributed by atoms with van der Waals surface area (Å²) in [6, 6.07) is 9.47. The molecule has 0 aliphatic carbocycles. The number of anilines is 1. The van der Waals surface area contributed by atoms with Crippen LogP contribution in [0.5, 0.6) is 11.5 Å². The van der Waals surface area contributed by atoms with Gasteiger partial charge in [-0.2, -0.15) is 4.52 Å². The van der Waals surface area contributed by atoms with Crippen molar-refractivity contribution in [3.63, 3.8) is 0 Å². The molecular weight excluding hydrogens is 360 g/mol. The molecule has 28 heavy (non-hydrogen) atoms. The van der Waals surface area contributed by atoms with Crippen molar-refractivity contribution in [3.05, 3.63) is 42.2 Å². The van der Waals surface area contributed by atoms with Crippen LogP contribution in [0.15, 0.2) is 36.7 Å². The van der Waals surface area contributed by atoms with Gasteiger partial charge in [0, 0.05) is 13.1 Å². The molecular formula is C19H20N6O3. The van der Waals surface area contributed by atoms with Crippen LogP contribution in [-0.2, 0) is 0 Å². The van der Waals surface area contributed by atoms with E-state index in [1.54, 1.807) is 43.3 Å². The monoisotopic (exact) mass is 380 g/mol. The second-order valence-corrected chi connectivity index (χ2v) is 7.05. The van der Waals surface area contributed by atoms with E-state index in [0.717, 1.165) is 25.3 Å². The number of rotatable bonds is 4. The Morgan fingerprint density at radius 3 is 2.68 bits per heavy atom. The first-order valence-corrected chi connectivity index (χ1v) is 9.14. The summed E-state index contributed by atoms with van der Waals surface area (Å²) >= 11 is 0. The molecule has 3 aliphatic rings. The van der Waals surface area contributed by atoms with Crippen molar-refractivity contribution in [1.82, 2.24) is 24.7 Å². The summed E-state index contributed by atoms with van der Waals surface area (Å²) in [4.78, 5) is 17.4. The van der Waals surface area contributed by atoms with E-state index in [1.807, 2.05) is 17.0 Å². The summed E-state index contributed by atoms with van der Waals surface area (Å²) in [7, 11) is 3.16. The number of piperidine rings is 1. The van der Waals surface area contributed by atoms with Gasteiger partial charge in [-0.05, 0) is 36.8 Å². The van der Waals surface area contributed by atoms with E-state index in [2.05, 4.69) is 20.2 Å². The third kappa shape index (κ3) is 2.54. The lowest BCUT2D eigenvalue weighted by molar-refractivity contribution is 0.00546. The fourth-order valence-electron chi connectivity index (χ4n) is 4.14. The molecule has 9 heteroatoms. The van der Waals surface area contributed by atoms with Gasteiger partial charge in [0.2, 0.25) is 0 Å². The fraction of sp³-hybridized carbons (Fsp3) is 0.368. The molecule has 3 fully saturated rings. The Bertz CT molecular complexity index is 1040. The van der Waals surface area contributed by atoms with Crippen LogP contribution < -0.4 is 14.4 Å². The Kier molecular flexibility index (Phi) is 3.81. The highest BCUT2D eigenvalue weighted by molar-refractivity contribution is 5.98. The number of ether oxygens (including phenoxy) is 2. The summed E-state index contributed by atoms with van der Waals surface area (Å²) in [6.45, 7) is 1.49. The summed E-state index contributed by atoms with van der Waals surface area (Å²) in [5.74, 6) is 2.06. The molecule has 0 saturated carbocycles. The van der Waals surface area contributed by atoms with E-state index in [4.69, 9.17) is 9.47 Å². The normalized spacial score (nSPS) is 20.8. The minimum atomic E-state index is -0.0149. The highest BCUT2D eigenvalue weighted by Crippen LogP contribution is 2.37. The first-order valence-electron chi connectivity index (χ1n) is 9.14. The number of piperazine rings is 1. The lowest BCUT2D eigenvalue weighted by Gasteiger charge is -2.56. The zero-order valence-electron chi connectivity index (χ0n) is 15.6. The molecule has 6 rings (SSSR count). The average Bonchev–Trinajstić information content (AvgIpc) is 3.21. The minimum absolute atomic E-state index is 0.0149. The van der Waals surface area contributed by atoms with Gasteiger partial charge < -0.3 is 19.3 Å². The number of hydrogen-bond donors (Lipinski definition) is 0. The smallest absolute Gasteiger partial charge is 0.258 e. The molecule has 2 aromatic heterocycles. The zero-order valence-corrected chi connectivity index (χ0v) is 15.6. The van der Waals surface area contributed by atoms with Gasteiger partial charge >= 0.3 is 0 Å². The zero-order chi connectivity index (χ0) is 19.3. The average molecular weight is 380 g/mol. The SMILES string of the molecule is COc1ccc(OC)c(C(=O)N2C3CC2CN(c2ccc4nncn4n2)C3)c1. The molecule has 3 aromatic rings. The van der Waals surface area contributed by atoms with Gasteiger partial charge in [0.25, 0.3) is 5.91 Å². The van der Waals surface area contributed by atoms with Gasteiger partial charge in [-0.1, -0.05) is 0 Å². The minimum Gasteiger partial charge on any atom is -0.497 e. The largest absolute Gasteiger partial charge is 0.497 e. The predicted octanol–water partition coefficient (Wildman–Crippen LogP) is 1.24. The van der Waals surface area contributed by atoms with E-state index in [1.165, 1.54) is 0 Å². The molecule has 5 heterocycles. The molecule has 2 bridgehead atoms. The highest BCUT2D eigenvalue weighted by Gasteiger charge is 2.48. The van der Waals surface area contributed by atoms with Crippen molar-refractivity contribution >= 4 is 17.4 Å². The number of benzene rings is 1. The lowest BCUT2D eigenvalue weighted by Crippen LogP contribution is -2.70. The molecule has 0 N–H and O–H groups in total. The Balaban J connectivity index is 1.37. The third-order valence-corrected chi connectivity index (χ3v) is 5.54. The van der Waals surface area contributed by atoms with Gasteiger partial charge in [0.1, 0.15) is 23.6 Å². The van der Waals surface area contributed by atoms with Crippen molar-refractivity contribution < 1.29 is 14.3 Å². The van der Waals surface area contributed by atoms with Crippen molar-refractivity contribution in [2.45, 2.75) is 18.5 Å². The van der Waals surface area contributed by atoms with E-state index in [9.17, 15) is 4.79 Å². The lowest BCUT2D eigenvalue weighted by atomic mass is 9.86. The van der Waals surface area contributed by atoms with E-state index in [-0.39, 0.29) is 18.0 Å². The number of fused-ring (bicyclic) bond motifs is 3. The van der Waals surface area contributed by atoms with Gasteiger partial charge in [-0.3, -0.25) is 4.79 Å². The van der Waals surface area contributed by atoms with Crippen LogP contribution in [0.25, 0.3) is 5.65 Å². The number of aromatic nitrogens is 4. The Morgan fingerprint density at radius 2 is 1.93 bits per heavy atom. The Labute approximate surface area is 161 Å². The molecule has 2 unspecified atom stereocenters. The maximum Gasteiger partial charge on any atom is 0.258 e.